The molecule has 0 aliphatic carbocycles. The van der Waals surface area contributed by atoms with Crippen LogP contribution >= 0.6 is 0 Å². The SMILES string of the molecule is COC(=O)C(CCS(=O)(=O)C(C)C)C(=O)O. The third-order valence-electron chi connectivity index (χ3n) is 2.19. The first-order chi connectivity index (χ1) is 7.22. The highest BCUT2D eigenvalue weighted by Crippen LogP contribution is 2.11. The molecule has 0 aromatic rings. The van der Waals surface area contributed by atoms with E-state index in [4.69, 9.17) is 5.11 Å². The number of sulfone groups is 1. The van der Waals surface area contributed by atoms with Crippen molar-refractivity contribution in [1.29, 1.82) is 0 Å². The molecule has 0 rings (SSSR count). The zero-order chi connectivity index (χ0) is 12.9. The van der Waals surface area contributed by atoms with Crippen molar-refractivity contribution in [2.45, 2.75) is 25.5 Å². The van der Waals surface area contributed by atoms with E-state index < -0.39 is 32.9 Å². The van der Waals surface area contributed by atoms with Crippen molar-refractivity contribution in [3.8, 4) is 0 Å². The summed E-state index contributed by atoms with van der Waals surface area (Å²) >= 11 is 0. The van der Waals surface area contributed by atoms with Gasteiger partial charge in [-0.2, -0.15) is 0 Å². The number of hydrogen-bond donors (Lipinski definition) is 1. The van der Waals surface area contributed by atoms with Crippen molar-refractivity contribution in [3.63, 3.8) is 0 Å². The van der Waals surface area contributed by atoms with Gasteiger partial charge in [0.05, 0.1) is 18.1 Å². The number of rotatable bonds is 6. The van der Waals surface area contributed by atoms with E-state index in [1.54, 1.807) is 0 Å². The molecule has 0 amide bonds. The number of hydrogen-bond acceptors (Lipinski definition) is 5. The number of carboxylic acids is 1. The van der Waals surface area contributed by atoms with Crippen molar-refractivity contribution in [1.82, 2.24) is 0 Å². The zero-order valence-corrected chi connectivity index (χ0v) is 10.3. The van der Waals surface area contributed by atoms with Gasteiger partial charge in [-0.15, -0.1) is 0 Å². The van der Waals surface area contributed by atoms with Crippen LogP contribution in [0.25, 0.3) is 0 Å². The molecular weight excluding hydrogens is 236 g/mol. The lowest BCUT2D eigenvalue weighted by molar-refractivity contribution is -0.156. The van der Waals surface area contributed by atoms with Gasteiger partial charge < -0.3 is 9.84 Å². The molecule has 0 aromatic carbocycles. The number of methoxy groups -OCH3 is 1. The Balaban J connectivity index is 4.58. The molecule has 0 aliphatic heterocycles. The van der Waals surface area contributed by atoms with Gasteiger partial charge in [0.15, 0.2) is 15.8 Å². The smallest absolute Gasteiger partial charge is 0.320 e. The van der Waals surface area contributed by atoms with Crippen LogP contribution < -0.4 is 0 Å². The lowest BCUT2D eigenvalue weighted by Gasteiger charge is -2.11. The summed E-state index contributed by atoms with van der Waals surface area (Å²) in [5.41, 5.74) is 0. The molecule has 0 heterocycles. The van der Waals surface area contributed by atoms with Crippen LogP contribution in [0.2, 0.25) is 0 Å². The maximum Gasteiger partial charge on any atom is 0.320 e. The van der Waals surface area contributed by atoms with E-state index in [0.29, 0.717) is 0 Å². The second-order valence-electron chi connectivity index (χ2n) is 3.62. The average Bonchev–Trinajstić information content (AvgIpc) is 2.16. The molecule has 1 unspecified atom stereocenters. The van der Waals surface area contributed by atoms with E-state index >= 15 is 0 Å². The molecule has 0 aromatic heterocycles. The second-order valence-corrected chi connectivity index (χ2v) is 6.30. The molecule has 7 heteroatoms. The number of ether oxygens (including phenoxy) is 1. The third-order valence-corrected chi connectivity index (χ3v) is 4.43. The minimum atomic E-state index is -3.34. The first kappa shape index (κ1) is 14.9. The van der Waals surface area contributed by atoms with Gasteiger partial charge in [-0.05, 0) is 20.3 Å². The number of carboxylic acid groups (broad SMARTS) is 1. The lowest BCUT2D eigenvalue weighted by Crippen LogP contribution is -2.29. The summed E-state index contributed by atoms with van der Waals surface area (Å²) in [4.78, 5) is 21.7. The van der Waals surface area contributed by atoms with E-state index in [9.17, 15) is 18.0 Å². The molecule has 0 spiro atoms. The van der Waals surface area contributed by atoms with Gasteiger partial charge in [-0.1, -0.05) is 0 Å². The number of carbonyl (C=O) groups excluding carboxylic acids is 1. The van der Waals surface area contributed by atoms with Crippen molar-refractivity contribution in [3.05, 3.63) is 0 Å². The predicted octanol–water partition coefficient (Wildman–Crippen LogP) is 0.0735. The maximum atomic E-state index is 11.4. The molecule has 0 bridgehead atoms. The van der Waals surface area contributed by atoms with Crippen LogP contribution in [0.1, 0.15) is 20.3 Å². The average molecular weight is 252 g/mol. The molecule has 16 heavy (non-hydrogen) atoms. The van der Waals surface area contributed by atoms with Gasteiger partial charge in [-0.3, -0.25) is 9.59 Å². The standard InChI is InChI=1S/C9H16O6S/c1-6(2)16(13,14)5-4-7(8(10)11)9(12)15-3/h6-7H,4-5H2,1-3H3,(H,10,11). The summed E-state index contributed by atoms with van der Waals surface area (Å²) in [6.45, 7) is 3.01. The largest absolute Gasteiger partial charge is 0.481 e. The molecule has 0 saturated heterocycles. The van der Waals surface area contributed by atoms with Crippen molar-refractivity contribution >= 4 is 21.8 Å². The number of carbonyl (C=O) groups is 2. The molecule has 0 aliphatic rings. The summed E-state index contributed by atoms with van der Waals surface area (Å²) in [5, 5.41) is 8.13. The van der Waals surface area contributed by atoms with Crippen LogP contribution in [0.5, 0.6) is 0 Å². The van der Waals surface area contributed by atoms with Gasteiger partial charge in [0.2, 0.25) is 0 Å². The number of esters is 1. The first-order valence-corrected chi connectivity index (χ1v) is 6.46. The first-order valence-electron chi connectivity index (χ1n) is 4.74. The van der Waals surface area contributed by atoms with E-state index in [2.05, 4.69) is 4.74 Å². The van der Waals surface area contributed by atoms with E-state index in [0.717, 1.165) is 7.11 Å². The highest BCUT2D eigenvalue weighted by molar-refractivity contribution is 7.91. The minimum absolute atomic E-state index is 0.261. The zero-order valence-electron chi connectivity index (χ0n) is 9.47. The summed E-state index contributed by atoms with van der Waals surface area (Å²) in [5.74, 6) is -4.05. The molecule has 94 valence electrons. The Kier molecular flexibility index (Phi) is 5.43. The molecule has 0 saturated carbocycles. The van der Waals surface area contributed by atoms with Crippen LogP contribution in [0.3, 0.4) is 0 Å². The Morgan fingerprint density at radius 1 is 1.31 bits per heavy atom. The van der Waals surface area contributed by atoms with Crippen LogP contribution in [0.4, 0.5) is 0 Å². The van der Waals surface area contributed by atoms with Crippen LogP contribution in [-0.2, 0) is 24.2 Å². The third kappa shape index (κ3) is 4.18. The van der Waals surface area contributed by atoms with E-state index in [-0.39, 0.29) is 12.2 Å². The monoisotopic (exact) mass is 252 g/mol. The molecule has 0 fully saturated rings. The van der Waals surface area contributed by atoms with Gasteiger partial charge in [0.1, 0.15) is 0 Å². The fourth-order valence-electron chi connectivity index (χ4n) is 1.00. The van der Waals surface area contributed by atoms with E-state index in [1.807, 2.05) is 0 Å². The maximum absolute atomic E-state index is 11.4. The summed E-state index contributed by atoms with van der Waals surface area (Å²) in [7, 11) is -2.27. The minimum Gasteiger partial charge on any atom is -0.481 e. The van der Waals surface area contributed by atoms with Gasteiger partial charge in [-0.25, -0.2) is 8.42 Å². The van der Waals surface area contributed by atoms with Gasteiger partial charge in [0, 0.05) is 0 Å². The Morgan fingerprint density at radius 3 is 2.12 bits per heavy atom. The lowest BCUT2D eigenvalue weighted by atomic mass is 10.1. The van der Waals surface area contributed by atoms with Crippen LogP contribution in [-0.4, -0.2) is 43.6 Å². The summed E-state index contributed by atoms with van der Waals surface area (Å²) in [6, 6.07) is 0. The summed E-state index contributed by atoms with van der Waals surface area (Å²) < 4.78 is 27.1. The highest BCUT2D eigenvalue weighted by Gasteiger charge is 2.29. The van der Waals surface area contributed by atoms with E-state index in [1.165, 1.54) is 13.8 Å². The molecule has 1 N–H and O–H groups in total. The summed E-state index contributed by atoms with van der Waals surface area (Å²) in [6.07, 6.45) is -0.261. The molecule has 6 nitrogen and oxygen atoms in total. The number of aliphatic carboxylic acids is 1. The second kappa shape index (κ2) is 5.83. The van der Waals surface area contributed by atoms with Crippen LogP contribution in [0.15, 0.2) is 0 Å². The Hall–Kier alpha value is -1.11. The van der Waals surface area contributed by atoms with Crippen LogP contribution in [0, 0.1) is 5.92 Å². The Morgan fingerprint density at radius 2 is 1.81 bits per heavy atom. The normalized spacial score (nSPS) is 13.5. The quantitative estimate of drug-likeness (QED) is 0.531. The Labute approximate surface area is 94.5 Å². The predicted molar refractivity (Wildman–Crippen MR) is 56.7 cm³/mol. The molecule has 1 atom stereocenters. The topological polar surface area (TPSA) is 97.7 Å². The highest BCUT2D eigenvalue weighted by atomic mass is 32.2. The van der Waals surface area contributed by atoms with Gasteiger partial charge in [0.25, 0.3) is 0 Å². The van der Waals surface area contributed by atoms with Gasteiger partial charge >= 0.3 is 11.9 Å². The molecule has 0 radical (unpaired) electrons. The molecular formula is C9H16O6S. The Bertz CT molecular complexity index is 356. The van der Waals surface area contributed by atoms with Crippen molar-refractivity contribution in [2.24, 2.45) is 5.92 Å². The van der Waals surface area contributed by atoms with Crippen molar-refractivity contribution in [2.75, 3.05) is 12.9 Å². The van der Waals surface area contributed by atoms with Crippen molar-refractivity contribution < 1.29 is 27.9 Å². The fraction of sp³-hybridized carbons (Fsp3) is 0.778. The fourth-order valence-corrected chi connectivity index (χ4v) is 2.04.